The lowest BCUT2D eigenvalue weighted by molar-refractivity contribution is -0.142. The summed E-state index contributed by atoms with van der Waals surface area (Å²) in [5.41, 5.74) is 2.39. The molecule has 3 aliphatic heterocycles. The number of aliphatic hydroxyl groups is 1. The van der Waals surface area contributed by atoms with E-state index >= 15 is 0 Å². The van der Waals surface area contributed by atoms with Gasteiger partial charge in [-0.05, 0) is 35.6 Å². The Morgan fingerprint density at radius 1 is 0.975 bits per heavy atom. The molecule has 7 nitrogen and oxygen atoms in total. The monoisotopic (exact) mass is 555 g/mol. The standard InChI is InChI=1S/C32H33N3O4S/c1-20-17-25-26(29(37)34-23-15-9-4-10-16-23)27-31(39)35(24(19-36)22-13-7-3-8-14-22)28(32(20,27)40-25)30(38)33-18-21-11-5-2-6-12-21/h2-16,20,24-28,36H,17-19H2,1H3,(H,33,38)(H,34,37)/t20?,24-,25+,26-,27+,28?,32?/m1/s1. The molecule has 3 heterocycles. The SMILES string of the molecule is CC1C[C@@H]2SC13C(C(=O)NCc1ccccc1)N([C@H](CO)c1ccccc1)C(=O)[C@@H]3[C@@H]2C(=O)Nc1ccccc1. The molecule has 0 aromatic heterocycles. The zero-order chi connectivity index (χ0) is 27.9. The molecule has 7 atom stereocenters. The van der Waals surface area contributed by atoms with Gasteiger partial charge in [0.1, 0.15) is 6.04 Å². The van der Waals surface area contributed by atoms with Crippen LogP contribution >= 0.6 is 11.8 Å². The largest absolute Gasteiger partial charge is 0.394 e. The van der Waals surface area contributed by atoms with E-state index in [0.717, 1.165) is 17.5 Å². The maximum atomic E-state index is 14.5. The molecule has 6 rings (SSSR count). The normalized spacial score (nSPS) is 29.2. The highest BCUT2D eigenvalue weighted by molar-refractivity contribution is 8.02. The first-order chi connectivity index (χ1) is 19.5. The molecule has 0 aliphatic carbocycles. The summed E-state index contributed by atoms with van der Waals surface area (Å²) in [6, 6.07) is 26.7. The predicted molar refractivity (Wildman–Crippen MR) is 155 cm³/mol. The Kier molecular flexibility index (Phi) is 7.15. The maximum absolute atomic E-state index is 14.5. The van der Waals surface area contributed by atoms with Crippen LogP contribution in [0.5, 0.6) is 0 Å². The first kappa shape index (κ1) is 26.6. The molecule has 2 bridgehead atoms. The molecule has 3 fully saturated rings. The van der Waals surface area contributed by atoms with Crippen LogP contribution in [0.4, 0.5) is 5.69 Å². The fourth-order valence-electron chi connectivity index (χ4n) is 7.05. The Hall–Kier alpha value is -3.62. The van der Waals surface area contributed by atoms with Crippen molar-refractivity contribution in [3.8, 4) is 0 Å². The zero-order valence-electron chi connectivity index (χ0n) is 22.3. The molecule has 1 spiro atoms. The molecule has 8 heteroatoms. The van der Waals surface area contributed by atoms with Crippen LogP contribution in [0.25, 0.3) is 0 Å². The number of hydrogen-bond donors (Lipinski definition) is 3. The van der Waals surface area contributed by atoms with Gasteiger partial charge in [-0.25, -0.2) is 0 Å². The van der Waals surface area contributed by atoms with Crippen molar-refractivity contribution < 1.29 is 19.5 Å². The summed E-state index contributed by atoms with van der Waals surface area (Å²) in [6.45, 7) is 2.09. The Bertz CT molecular complexity index is 1390. The fourth-order valence-corrected chi connectivity index (χ4v) is 9.46. The van der Waals surface area contributed by atoms with Gasteiger partial charge < -0.3 is 20.6 Å². The number of para-hydroxylation sites is 1. The summed E-state index contributed by atoms with van der Waals surface area (Å²) < 4.78 is -0.774. The molecule has 0 saturated carbocycles. The number of benzene rings is 3. The Balaban J connectivity index is 1.39. The van der Waals surface area contributed by atoms with Crippen molar-refractivity contribution >= 4 is 35.2 Å². The molecule has 3 saturated heterocycles. The highest BCUT2D eigenvalue weighted by atomic mass is 32.2. The van der Waals surface area contributed by atoms with Crippen LogP contribution in [0.2, 0.25) is 0 Å². The van der Waals surface area contributed by atoms with Gasteiger partial charge in [0.2, 0.25) is 17.7 Å². The average Bonchev–Trinajstić information content (AvgIpc) is 3.58. The number of amides is 3. The maximum Gasteiger partial charge on any atom is 0.244 e. The van der Waals surface area contributed by atoms with E-state index < -0.39 is 28.7 Å². The highest BCUT2D eigenvalue weighted by Crippen LogP contribution is 2.69. The van der Waals surface area contributed by atoms with Gasteiger partial charge in [-0.2, -0.15) is 0 Å². The molecule has 3 N–H and O–H groups in total. The molecule has 3 amide bonds. The van der Waals surface area contributed by atoms with Crippen molar-refractivity contribution in [2.75, 3.05) is 11.9 Å². The van der Waals surface area contributed by atoms with E-state index in [4.69, 9.17) is 0 Å². The fraction of sp³-hybridized carbons (Fsp3) is 0.344. The van der Waals surface area contributed by atoms with Crippen molar-refractivity contribution in [3.05, 3.63) is 102 Å². The van der Waals surface area contributed by atoms with Crippen molar-refractivity contribution in [1.82, 2.24) is 10.2 Å². The lowest BCUT2D eigenvalue weighted by Crippen LogP contribution is -2.56. The second kappa shape index (κ2) is 10.7. The third kappa shape index (κ3) is 4.30. The van der Waals surface area contributed by atoms with Crippen LogP contribution in [0.15, 0.2) is 91.0 Å². The molecule has 3 aromatic rings. The molecule has 0 radical (unpaired) electrons. The minimum Gasteiger partial charge on any atom is -0.394 e. The van der Waals surface area contributed by atoms with Gasteiger partial charge in [-0.15, -0.1) is 11.8 Å². The summed E-state index contributed by atoms with van der Waals surface area (Å²) in [5, 5.41) is 16.7. The van der Waals surface area contributed by atoms with E-state index in [9.17, 15) is 19.5 Å². The van der Waals surface area contributed by atoms with E-state index in [1.54, 1.807) is 16.7 Å². The molecule has 206 valence electrons. The van der Waals surface area contributed by atoms with Crippen molar-refractivity contribution in [1.29, 1.82) is 0 Å². The molecular weight excluding hydrogens is 522 g/mol. The van der Waals surface area contributed by atoms with Gasteiger partial charge in [0.15, 0.2) is 0 Å². The van der Waals surface area contributed by atoms with Crippen LogP contribution in [-0.4, -0.2) is 50.4 Å². The number of anilines is 1. The summed E-state index contributed by atoms with van der Waals surface area (Å²) in [7, 11) is 0. The van der Waals surface area contributed by atoms with Crippen molar-refractivity contribution in [2.45, 2.75) is 42.0 Å². The number of aliphatic hydroxyl groups excluding tert-OH is 1. The first-order valence-electron chi connectivity index (χ1n) is 13.8. The highest BCUT2D eigenvalue weighted by Gasteiger charge is 2.76. The number of likely N-dealkylation sites (tertiary alicyclic amines) is 1. The average molecular weight is 556 g/mol. The molecule has 40 heavy (non-hydrogen) atoms. The Morgan fingerprint density at radius 2 is 1.60 bits per heavy atom. The van der Waals surface area contributed by atoms with Crippen LogP contribution in [0.1, 0.15) is 30.5 Å². The van der Waals surface area contributed by atoms with Crippen molar-refractivity contribution in [3.63, 3.8) is 0 Å². The van der Waals surface area contributed by atoms with Crippen molar-refractivity contribution in [2.24, 2.45) is 17.8 Å². The van der Waals surface area contributed by atoms with E-state index in [1.807, 2.05) is 91.0 Å². The summed E-state index contributed by atoms with van der Waals surface area (Å²) >= 11 is 1.63. The summed E-state index contributed by atoms with van der Waals surface area (Å²) in [6.07, 6.45) is 0.743. The lowest BCUT2D eigenvalue weighted by Gasteiger charge is -2.40. The quantitative estimate of drug-likeness (QED) is 0.390. The van der Waals surface area contributed by atoms with E-state index in [0.29, 0.717) is 12.2 Å². The second-order valence-corrected chi connectivity index (χ2v) is 12.5. The molecule has 3 aliphatic rings. The van der Waals surface area contributed by atoms with Crippen LogP contribution in [0.3, 0.4) is 0 Å². The molecular formula is C32H33N3O4S. The van der Waals surface area contributed by atoms with E-state index in [2.05, 4.69) is 17.6 Å². The third-order valence-electron chi connectivity index (χ3n) is 8.78. The minimum atomic E-state index is -0.828. The number of nitrogens with one attached hydrogen (secondary N) is 2. The summed E-state index contributed by atoms with van der Waals surface area (Å²) in [4.78, 5) is 44.0. The number of thioether (sulfide) groups is 1. The van der Waals surface area contributed by atoms with Crippen LogP contribution in [-0.2, 0) is 20.9 Å². The third-order valence-corrected chi connectivity index (χ3v) is 10.9. The number of rotatable bonds is 8. The van der Waals surface area contributed by atoms with Gasteiger partial charge in [0, 0.05) is 17.5 Å². The first-order valence-corrected chi connectivity index (χ1v) is 14.7. The smallest absolute Gasteiger partial charge is 0.244 e. The Labute approximate surface area is 238 Å². The molecule has 3 unspecified atom stereocenters. The Morgan fingerprint density at radius 3 is 2.25 bits per heavy atom. The number of hydrogen-bond acceptors (Lipinski definition) is 5. The summed E-state index contributed by atoms with van der Waals surface area (Å²) in [5.74, 6) is -1.89. The van der Waals surface area contributed by atoms with E-state index in [1.165, 1.54) is 0 Å². The lowest BCUT2D eigenvalue weighted by atomic mass is 9.66. The number of nitrogens with zero attached hydrogens (tertiary/aromatic N) is 1. The van der Waals surface area contributed by atoms with Gasteiger partial charge in [0.25, 0.3) is 0 Å². The van der Waals surface area contributed by atoms with Gasteiger partial charge >= 0.3 is 0 Å². The topological polar surface area (TPSA) is 98.7 Å². The predicted octanol–water partition coefficient (Wildman–Crippen LogP) is 4.01. The number of carbonyl (C=O) groups excluding carboxylic acids is 3. The second-order valence-electron chi connectivity index (χ2n) is 11.0. The van der Waals surface area contributed by atoms with Gasteiger partial charge in [0.05, 0.1) is 29.2 Å². The molecule has 3 aromatic carbocycles. The van der Waals surface area contributed by atoms with Crippen LogP contribution in [0, 0.1) is 17.8 Å². The number of carbonyl (C=O) groups is 3. The van der Waals surface area contributed by atoms with Gasteiger partial charge in [-0.3, -0.25) is 14.4 Å². The zero-order valence-corrected chi connectivity index (χ0v) is 23.1. The van der Waals surface area contributed by atoms with E-state index in [-0.39, 0.29) is 35.5 Å². The van der Waals surface area contributed by atoms with Gasteiger partial charge in [-0.1, -0.05) is 85.8 Å². The minimum absolute atomic E-state index is 0.0322. The number of fused-ring (bicyclic) bond motifs is 1. The van der Waals surface area contributed by atoms with Crippen LogP contribution < -0.4 is 10.6 Å².